The molecule has 2 aromatic rings. The fourth-order valence-electron chi connectivity index (χ4n) is 2.94. The molecule has 0 aromatic heterocycles. The zero-order chi connectivity index (χ0) is 21.5. The summed E-state index contributed by atoms with van der Waals surface area (Å²) in [6.07, 6.45) is 0.111. The maximum Gasteiger partial charge on any atom is 0.265 e. The lowest BCUT2D eigenvalue weighted by Gasteiger charge is -2.18. The van der Waals surface area contributed by atoms with E-state index in [-0.39, 0.29) is 17.9 Å². The van der Waals surface area contributed by atoms with Gasteiger partial charge in [0.25, 0.3) is 11.8 Å². The van der Waals surface area contributed by atoms with E-state index in [4.69, 9.17) is 9.47 Å². The van der Waals surface area contributed by atoms with E-state index in [1.165, 1.54) is 11.8 Å². The summed E-state index contributed by atoms with van der Waals surface area (Å²) in [5.74, 6) is 1.60. The second-order valence-electron chi connectivity index (χ2n) is 7.08. The molecule has 1 heterocycles. The molecule has 0 radical (unpaired) electrons. The van der Waals surface area contributed by atoms with Crippen molar-refractivity contribution >= 4 is 29.3 Å². The number of allylic oxidation sites excluding steroid dienone is 1. The Morgan fingerprint density at radius 1 is 1.10 bits per heavy atom. The Labute approximate surface area is 181 Å². The third-order valence-electron chi connectivity index (χ3n) is 4.34. The standard InChI is InChI=1S/C23H26N2O4S/c1-15(2)29-18-10-8-17(9-11-18)14-24-22(26)19-6-4-5-7-20(19)25-23(27)21-16(3)28-12-13-30-21/h4-11,15H,12-14H2,1-3H3,(H,24,26)(H,25,27). The van der Waals surface area contributed by atoms with Crippen LogP contribution in [0.2, 0.25) is 0 Å². The van der Waals surface area contributed by atoms with Crippen molar-refractivity contribution in [2.24, 2.45) is 0 Å². The number of rotatable bonds is 7. The molecule has 0 atom stereocenters. The summed E-state index contributed by atoms with van der Waals surface area (Å²) in [6, 6.07) is 14.6. The molecule has 0 saturated carbocycles. The predicted molar refractivity (Wildman–Crippen MR) is 120 cm³/mol. The summed E-state index contributed by atoms with van der Waals surface area (Å²) in [5.41, 5.74) is 1.83. The Hall–Kier alpha value is -2.93. The van der Waals surface area contributed by atoms with Crippen molar-refractivity contribution in [1.29, 1.82) is 0 Å². The quantitative estimate of drug-likeness (QED) is 0.689. The van der Waals surface area contributed by atoms with Gasteiger partial charge in [-0.15, -0.1) is 11.8 Å². The van der Waals surface area contributed by atoms with Gasteiger partial charge in [-0.2, -0.15) is 0 Å². The molecule has 158 valence electrons. The van der Waals surface area contributed by atoms with Crippen molar-refractivity contribution in [3.63, 3.8) is 0 Å². The molecule has 1 aliphatic heterocycles. The van der Waals surface area contributed by atoms with Crippen LogP contribution in [-0.4, -0.2) is 30.3 Å². The highest BCUT2D eigenvalue weighted by Crippen LogP contribution is 2.27. The van der Waals surface area contributed by atoms with E-state index in [2.05, 4.69) is 10.6 Å². The fourth-order valence-corrected chi connectivity index (χ4v) is 3.75. The molecule has 0 spiro atoms. The van der Waals surface area contributed by atoms with E-state index in [1.807, 2.05) is 38.1 Å². The molecule has 3 rings (SSSR count). The molecule has 0 unspecified atom stereocenters. The second-order valence-corrected chi connectivity index (χ2v) is 8.18. The zero-order valence-electron chi connectivity index (χ0n) is 17.4. The molecule has 2 aromatic carbocycles. The molecule has 7 heteroatoms. The summed E-state index contributed by atoms with van der Waals surface area (Å²) < 4.78 is 11.1. The first-order valence-corrected chi connectivity index (χ1v) is 10.8. The number of carbonyl (C=O) groups is 2. The Balaban J connectivity index is 1.64. The van der Waals surface area contributed by atoms with Crippen LogP contribution in [0.25, 0.3) is 0 Å². The summed E-state index contributed by atoms with van der Waals surface area (Å²) in [5, 5.41) is 5.74. The van der Waals surface area contributed by atoms with Crippen molar-refractivity contribution in [1.82, 2.24) is 5.32 Å². The maximum absolute atomic E-state index is 12.7. The number of hydrogen-bond acceptors (Lipinski definition) is 5. The second kappa shape index (κ2) is 10.2. The highest BCUT2D eigenvalue weighted by Gasteiger charge is 2.20. The fraction of sp³-hybridized carbons (Fsp3) is 0.304. The normalized spacial score (nSPS) is 13.6. The number of nitrogens with one attached hydrogen (secondary N) is 2. The third-order valence-corrected chi connectivity index (χ3v) is 5.47. The monoisotopic (exact) mass is 426 g/mol. The van der Waals surface area contributed by atoms with Crippen molar-refractivity contribution < 1.29 is 19.1 Å². The van der Waals surface area contributed by atoms with Crippen molar-refractivity contribution in [2.45, 2.75) is 33.4 Å². The first-order valence-electron chi connectivity index (χ1n) is 9.84. The summed E-state index contributed by atoms with van der Waals surface area (Å²) in [7, 11) is 0. The smallest absolute Gasteiger partial charge is 0.265 e. The van der Waals surface area contributed by atoms with Gasteiger partial charge in [-0.05, 0) is 50.6 Å². The highest BCUT2D eigenvalue weighted by molar-refractivity contribution is 8.04. The average Bonchev–Trinajstić information content (AvgIpc) is 2.73. The Bertz CT molecular complexity index is 938. The zero-order valence-corrected chi connectivity index (χ0v) is 18.2. The number of benzene rings is 2. The van der Waals surface area contributed by atoms with E-state index in [9.17, 15) is 9.59 Å². The van der Waals surface area contributed by atoms with Gasteiger partial charge in [0.1, 0.15) is 16.4 Å². The molecule has 0 saturated heterocycles. The first-order chi connectivity index (χ1) is 14.4. The average molecular weight is 427 g/mol. The van der Waals surface area contributed by atoms with Gasteiger partial charge in [-0.3, -0.25) is 9.59 Å². The van der Waals surface area contributed by atoms with Gasteiger partial charge >= 0.3 is 0 Å². The third kappa shape index (κ3) is 5.79. The topological polar surface area (TPSA) is 76.7 Å². The van der Waals surface area contributed by atoms with E-state index >= 15 is 0 Å². The molecule has 30 heavy (non-hydrogen) atoms. The summed E-state index contributed by atoms with van der Waals surface area (Å²) in [6.45, 7) is 6.69. The maximum atomic E-state index is 12.7. The van der Waals surface area contributed by atoms with Gasteiger partial charge in [0.2, 0.25) is 0 Å². The number of ether oxygens (including phenoxy) is 2. The lowest BCUT2D eigenvalue weighted by atomic mass is 10.1. The number of carbonyl (C=O) groups excluding carboxylic acids is 2. The van der Waals surface area contributed by atoms with E-state index in [0.29, 0.717) is 35.1 Å². The van der Waals surface area contributed by atoms with Gasteiger partial charge in [-0.25, -0.2) is 0 Å². The summed E-state index contributed by atoms with van der Waals surface area (Å²) >= 11 is 1.46. The Morgan fingerprint density at radius 3 is 2.53 bits per heavy atom. The predicted octanol–water partition coefficient (Wildman–Crippen LogP) is 4.34. The lowest BCUT2D eigenvalue weighted by molar-refractivity contribution is -0.112. The van der Waals surface area contributed by atoms with Gasteiger partial charge in [0.05, 0.1) is 24.0 Å². The van der Waals surface area contributed by atoms with E-state index in [1.54, 1.807) is 31.2 Å². The van der Waals surface area contributed by atoms with Crippen LogP contribution >= 0.6 is 11.8 Å². The molecule has 2 amide bonds. The Morgan fingerprint density at radius 2 is 1.83 bits per heavy atom. The van der Waals surface area contributed by atoms with Gasteiger partial charge < -0.3 is 20.1 Å². The van der Waals surface area contributed by atoms with Crippen LogP contribution in [-0.2, 0) is 16.1 Å². The minimum atomic E-state index is -0.266. The summed E-state index contributed by atoms with van der Waals surface area (Å²) in [4.78, 5) is 25.9. The number of amides is 2. The molecular weight excluding hydrogens is 400 g/mol. The van der Waals surface area contributed by atoms with Crippen LogP contribution in [0.4, 0.5) is 5.69 Å². The van der Waals surface area contributed by atoms with Gasteiger partial charge in [0, 0.05) is 12.3 Å². The minimum absolute atomic E-state index is 0.111. The highest BCUT2D eigenvalue weighted by atomic mass is 32.2. The van der Waals surface area contributed by atoms with Crippen LogP contribution in [0.1, 0.15) is 36.7 Å². The van der Waals surface area contributed by atoms with Crippen LogP contribution in [0.5, 0.6) is 5.75 Å². The first kappa shape index (κ1) is 21.8. The number of thioether (sulfide) groups is 1. The van der Waals surface area contributed by atoms with Crippen LogP contribution < -0.4 is 15.4 Å². The molecule has 0 aliphatic carbocycles. The molecule has 2 N–H and O–H groups in total. The van der Waals surface area contributed by atoms with E-state index in [0.717, 1.165) is 17.1 Å². The van der Waals surface area contributed by atoms with Gasteiger partial charge in [0.15, 0.2) is 0 Å². The van der Waals surface area contributed by atoms with Gasteiger partial charge in [-0.1, -0.05) is 24.3 Å². The molecular formula is C23H26N2O4S. The number of para-hydroxylation sites is 1. The number of hydrogen-bond donors (Lipinski definition) is 2. The molecule has 6 nitrogen and oxygen atoms in total. The number of anilines is 1. The Kier molecular flexibility index (Phi) is 7.41. The van der Waals surface area contributed by atoms with Crippen LogP contribution in [0, 0.1) is 0 Å². The minimum Gasteiger partial charge on any atom is -0.496 e. The van der Waals surface area contributed by atoms with Crippen LogP contribution in [0.15, 0.2) is 59.2 Å². The lowest BCUT2D eigenvalue weighted by Crippen LogP contribution is -2.25. The van der Waals surface area contributed by atoms with Crippen LogP contribution in [0.3, 0.4) is 0 Å². The van der Waals surface area contributed by atoms with Crippen molar-refractivity contribution in [2.75, 3.05) is 17.7 Å². The van der Waals surface area contributed by atoms with Crippen molar-refractivity contribution in [3.05, 3.63) is 70.3 Å². The van der Waals surface area contributed by atoms with E-state index < -0.39 is 0 Å². The molecule has 0 fully saturated rings. The molecule has 1 aliphatic rings. The molecule has 0 bridgehead atoms. The largest absolute Gasteiger partial charge is 0.496 e. The SMILES string of the molecule is CC1=C(C(=O)Nc2ccccc2C(=O)NCc2ccc(OC(C)C)cc2)SCCO1. The van der Waals surface area contributed by atoms with Crippen molar-refractivity contribution in [3.8, 4) is 5.75 Å².